The van der Waals surface area contributed by atoms with Crippen LogP contribution in [0.25, 0.3) is 0 Å². The highest BCUT2D eigenvalue weighted by Gasteiger charge is 2.32. The monoisotopic (exact) mass is 291 g/mol. The number of rotatable bonds is 3. The molecule has 1 aromatic rings. The number of hydrogen-bond acceptors (Lipinski definition) is 5. The second-order valence-electron chi connectivity index (χ2n) is 5.25. The third-order valence-corrected chi connectivity index (χ3v) is 4.06. The lowest BCUT2D eigenvalue weighted by Gasteiger charge is -2.36. The Labute approximate surface area is 121 Å². The van der Waals surface area contributed by atoms with Crippen LogP contribution < -0.4 is 10.2 Å². The van der Waals surface area contributed by atoms with Crippen molar-refractivity contribution < 1.29 is 9.72 Å². The SMILES string of the molecule is O=C1NCCN1C1CCN(c2ncccc2[N+](=O)[O-])CC1. The molecule has 2 amide bonds. The summed E-state index contributed by atoms with van der Waals surface area (Å²) in [4.78, 5) is 30.3. The lowest BCUT2D eigenvalue weighted by molar-refractivity contribution is -0.384. The van der Waals surface area contributed by atoms with Gasteiger partial charge in [0.2, 0.25) is 5.82 Å². The van der Waals surface area contributed by atoms with Gasteiger partial charge in [-0.25, -0.2) is 9.78 Å². The summed E-state index contributed by atoms with van der Waals surface area (Å²) >= 11 is 0. The van der Waals surface area contributed by atoms with Crippen LogP contribution in [-0.4, -0.2) is 53.1 Å². The topological polar surface area (TPSA) is 91.6 Å². The maximum atomic E-state index is 11.7. The summed E-state index contributed by atoms with van der Waals surface area (Å²) in [5.41, 5.74) is 0.0369. The van der Waals surface area contributed by atoms with Crippen LogP contribution in [0.1, 0.15) is 12.8 Å². The summed E-state index contributed by atoms with van der Waals surface area (Å²) in [6, 6.07) is 3.26. The van der Waals surface area contributed by atoms with Crippen molar-refractivity contribution in [1.82, 2.24) is 15.2 Å². The molecule has 8 nitrogen and oxygen atoms in total. The fourth-order valence-corrected chi connectivity index (χ4v) is 3.00. The highest BCUT2D eigenvalue weighted by atomic mass is 16.6. The minimum absolute atomic E-state index is 0.00253. The van der Waals surface area contributed by atoms with E-state index in [-0.39, 0.29) is 17.8 Å². The van der Waals surface area contributed by atoms with Crippen molar-refractivity contribution in [1.29, 1.82) is 0 Å². The van der Waals surface area contributed by atoms with Crippen LogP contribution in [0, 0.1) is 10.1 Å². The summed E-state index contributed by atoms with van der Waals surface area (Å²) in [5, 5.41) is 13.9. The third-order valence-electron chi connectivity index (χ3n) is 4.06. The number of hydrogen-bond donors (Lipinski definition) is 1. The van der Waals surface area contributed by atoms with E-state index in [1.165, 1.54) is 6.07 Å². The Morgan fingerprint density at radius 2 is 2.10 bits per heavy atom. The van der Waals surface area contributed by atoms with E-state index in [1.807, 2.05) is 9.80 Å². The van der Waals surface area contributed by atoms with Gasteiger partial charge < -0.3 is 15.1 Å². The molecule has 2 fully saturated rings. The maximum Gasteiger partial charge on any atom is 0.317 e. The van der Waals surface area contributed by atoms with Gasteiger partial charge in [-0.3, -0.25) is 10.1 Å². The maximum absolute atomic E-state index is 11.7. The van der Waals surface area contributed by atoms with Crippen LogP contribution in [0.4, 0.5) is 16.3 Å². The number of carbonyl (C=O) groups is 1. The summed E-state index contributed by atoms with van der Waals surface area (Å²) < 4.78 is 0. The predicted octanol–water partition coefficient (Wildman–Crippen LogP) is 0.984. The summed E-state index contributed by atoms with van der Waals surface area (Å²) in [6.45, 7) is 2.79. The number of amides is 2. The van der Waals surface area contributed by atoms with E-state index in [4.69, 9.17) is 0 Å². The van der Waals surface area contributed by atoms with Crippen LogP contribution >= 0.6 is 0 Å². The Balaban J connectivity index is 1.69. The first kappa shape index (κ1) is 13.6. The smallest absolute Gasteiger partial charge is 0.317 e. The molecule has 0 aliphatic carbocycles. The number of anilines is 1. The summed E-state index contributed by atoms with van der Waals surface area (Å²) in [6.07, 6.45) is 3.19. The Kier molecular flexibility index (Phi) is 3.59. The van der Waals surface area contributed by atoms with Crippen LogP contribution in [0.15, 0.2) is 18.3 Å². The van der Waals surface area contributed by atoms with Crippen molar-refractivity contribution in [2.45, 2.75) is 18.9 Å². The second-order valence-corrected chi connectivity index (χ2v) is 5.25. The van der Waals surface area contributed by atoms with Crippen molar-refractivity contribution in [3.63, 3.8) is 0 Å². The van der Waals surface area contributed by atoms with Crippen molar-refractivity contribution in [3.05, 3.63) is 28.4 Å². The summed E-state index contributed by atoms with van der Waals surface area (Å²) in [7, 11) is 0. The molecule has 0 atom stereocenters. The van der Waals surface area contributed by atoms with Gasteiger partial charge in [-0.2, -0.15) is 0 Å². The second kappa shape index (κ2) is 5.55. The Bertz CT molecular complexity index is 556. The average molecular weight is 291 g/mol. The van der Waals surface area contributed by atoms with Crippen LogP contribution in [0.5, 0.6) is 0 Å². The Morgan fingerprint density at radius 3 is 2.71 bits per heavy atom. The molecule has 0 bridgehead atoms. The number of carbonyl (C=O) groups excluding carboxylic acids is 1. The molecule has 0 unspecified atom stereocenters. The van der Waals surface area contributed by atoms with Gasteiger partial charge in [-0.1, -0.05) is 0 Å². The highest BCUT2D eigenvalue weighted by molar-refractivity contribution is 5.76. The highest BCUT2D eigenvalue weighted by Crippen LogP contribution is 2.28. The first-order valence-electron chi connectivity index (χ1n) is 7.05. The molecule has 0 aromatic carbocycles. The average Bonchev–Trinajstić information content (AvgIpc) is 2.93. The van der Waals surface area contributed by atoms with Crippen molar-refractivity contribution in [2.75, 3.05) is 31.1 Å². The number of piperidine rings is 1. The molecule has 0 spiro atoms. The van der Waals surface area contributed by atoms with Crippen molar-refractivity contribution in [2.24, 2.45) is 0 Å². The first-order chi connectivity index (χ1) is 10.2. The molecule has 2 aliphatic heterocycles. The van der Waals surface area contributed by atoms with E-state index in [0.29, 0.717) is 25.5 Å². The van der Waals surface area contributed by atoms with Gasteiger partial charge in [0.15, 0.2) is 0 Å². The first-order valence-corrected chi connectivity index (χ1v) is 7.05. The van der Waals surface area contributed by atoms with Crippen LogP contribution in [0.2, 0.25) is 0 Å². The van der Waals surface area contributed by atoms with Gasteiger partial charge >= 0.3 is 11.7 Å². The minimum Gasteiger partial charge on any atom is -0.351 e. The molecule has 1 N–H and O–H groups in total. The molecule has 2 aliphatic rings. The third kappa shape index (κ3) is 2.61. The number of nitrogens with zero attached hydrogens (tertiary/aromatic N) is 4. The fraction of sp³-hybridized carbons (Fsp3) is 0.538. The molecular formula is C13H17N5O3. The number of pyridine rings is 1. The molecule has 3 heterocycles. The van der Waals surface area contributed by atoms with E-state index < -0.39 is 4.92 Å². The van der Waals surface area contributed by atoms with Crippen molar-refractivity contribution >= 4 is 17.5 Å². The fourth-order valence-electron chi connectivity index (χ4n) is 3.00. The number of aromatic nitrogens is 1. The summed E-state index contributed by atoms with van der Waals surface area (Å²) in [5.74, 6) is 0.423. The zero-order chi connectivity index (χ0) is 14.8. The van der Waals surface area contributed by atoms with E-state index >= 15 is 0 Å². The standard InChI is InChI=1S/C13H17N5O3/c19-13-15-6-9-17(13)10-3-7-16(8-4-10)12-11(18(20)21)2-1-5-14-12/h1-2,5,10H,3-4,6-9H2,(H,15,19). The molecule has 0 radical (unpaired) electrons. The zero-order valence-electron chi connectivity index (χ0n) is 11.6. The molecule has 21 heavy (non-hydrogen) atoms. The molecule has 112 valence electrons. The minimum atomic E-state index is -0.400. The van der Waals surface area contributed by atoms with E-state index in [1.54, 1.807) is 12.3 Å². The molecule has 3 rings (SSSR count). The van der Waals surface area contributed by atoms with Gasteiger partial charge in [0.1, 0.15) is 0 Å². The molecule has 8 heteroatoms. The van der Waals surface area contributed by atoms with E-state index in [0.717, 1.165) is 19.4 Å². The van der Waals surface area contributed by atoms with Gasteiger partial charge in [-0.15, -0.1) is 0 Å². The number of nitrogens with one attached hydrogen (secondary N) is 1. The zero-order valence-corrected chi connectivity index (χ0v) is 11.6. The largest absolute Gasteiger partial charge is 0.351 e. The number of nitro groups is 1. The van der Waals surface area contributed by atoms with Crippen molar-refractivity contribution in [3.8, 4) is 0 Å². The van der Waals surface area contributed by atoms with Gasteiger partial charge in [-0.05, 0) is 18.9 Å². The van der Waals surface area contributed by atoms with Crippen LogP contribution in [0.3, 0.4) is 0 Å². The van der Waals surface area contributed by atoms with E-state index in [9.17, 15) is 14.9 Å². The lowest BCUT2D eigenvalue weighted by Crippen LogP contribution is -2.46. The van der Waals surface area contributed by atoms with Crippen LogP contribution in [-0.2, 0) is 0 Å². The molecule has 0 saturated carbocycles. The lowest BCUT2D eigenvalue weighted by atomic mass is 10.0. The van der Waals surface area contributed by atoms with Gasteiger partial charge in [0.05, 0.1) is 4.92 Å². The quantitative estimate of drug-likeness (QED) is 0.662. The van der Waals surface area contributed by atoms with Gasteiger partial charge in [0.25, 0.3) is 0 Å². The molecule has 1 aromatic heterocycles. The molecular weight excluding hydrogens is 274 g/mol. The number of urea groups is 1. The van der Waals surface area contributed by atoms with E-state index in [2.05, 4.69) is 10.3 Å². The van der Waals surface area contributed by atoms with Gasteiger partial charge in [0, 0.05) is 44.5 Å². The normalized spacial score (nSPS) is 19.7. The Hall–Kier alpha value is -2.38. The Morgan fingerprint density at radius 1 is 1.33 bits per heavy atom. The molecule has 2 saturated heterocycles. The predicted molar refractivity (Wildman–Crippen MR) is 76.2 cm³/mol.